The van der Waals surface area contributed by atoms with Crippen molar-refractivity contribution < 1.29 is 9.15 Å². The highest BCUT2D eigenvalue weighted by Crippen LogP contribution is 2.30. The van der Waals surface area contributed by atoms with Gasteiger partial charge in [0, 0.05) is 42.8 Å². The monoisotopic (exact) mass is 457 g/mol. The van der Waals surface area contributed by atoms with E-state index in [-0.39, 0.29) is 11.7 Å². The van der Waals surface area contributed by atoms with Crippen molar-refractivity contribution in [1.29, 1.82) is 0 Å². The highest BCUT2D eigenvalue weighted by atomic mass is 16.5. The highest BCUT2D eigenvalue weighted by Gasteiger charge is 2.18. The maximum absolute atomic E-state index is 12.1. The smallest absolute Gasteiger partial charge is 0.299 e. The fourth-order valence-corrected chi connectivity index (χ4v) is 4.04. The molecular formula is C26H27N5O3. The maximum Gasteiger partial charge on any atom is 0.299 e. The number of hydrogen-bond donors (Lipinski definition) is 2. The third kappa shape index (κ3) is 4.87. The minimum atomic E-state index is -0.190. The SMILES string of the molecule is Cc1ccc(OC2CCN(C)CC2)cc1Nc1ncc(-c2ccnc(-c3ccc[nH]c3=O)c2)o1. The van der Waals surface area contributed by atoms with Crippen molar-refractivity contribution in [2.75, 3.05) is 25.5 Å². The lowest BCUT2D eigenvalue weighted by Crippen LogP contribution is -2.35. The number of hydrogen-bond acceptors (Lipinski definition) is 7. The molecule has 0 aliphatic carbocycles. The molecule has 4 heterocycles. The van der Waals surface area contributed by atoms with Crippen LogP contribution in [0.25, 0.3) is 22.6 Å². The Morgan fingerprint density at radius 3 is 2.82 bits per heavy atom. The van der Waals surface area contributed by atoms with Gasteiger partial charge in [-0.3, -0.25) is 9.78 Å². The number of piperidine rings is 1. The van der Waals surface area contributed by atoms with Gasteiger partial charge in [0.25, 0.3) is 11.6 Å². The molecule has 0 bridgehead atoms. The Bertz CT molecular complexity index is 1340. The molecule has 1 fully saturated rings. The standard InChI is InChI=1S/C26H27N5O3/c1-17-5-6-20(33-19-8-12-31(2)13-9-19)15-22(17)30-26-29-16-24(34-26)18-7-11-27-23(14-18)21-4-3-10-28-25(21)32/h3-7,10-11,14-16,19H,8-9,12-13H2,1-2H3,(H,28,32)(H,29,30). The molecule has 174 valence electrons. The van der Waals surface area contributed by atoms with Gasteiger partial charge < -0.3 is 24.4 Å². The number of nitrogens with one attached hydrogen (secondary N) is 2. The van der Waals surface area contributed by atoms with Crippen molar-refractivity contribution in [3.8, 4) is 28.3 Å². The van der Waals surface area contributed by atoms with E-state index in [1.165, 1.54) is 0 Å². The molecule has 8 nitrogen and oxygen atoms in total. The van der Waals surface area contributed by atoms with Gasteiger partial charge in [0.05, 0.1) is 17.5 Å². The second kappa shape index (κ2) is 9.52. The quantitative estimate of drug-likeness (QED) is 0.436. The minimum absolute atomic E-state index is 0.190. The number of rotatable bonds is 6. The molecule has 1 aliphatic heterocycles. The van der Waals surface area contributed by atoms with E-state index in [9.17, 15) is 4.79 Å². The average molecular weight is 458 g/mol. The number of ether oxygens (including phenoxy) is 1. The van der Waals surface area contributed by atoms with Gasteiger partial charge in [-0.15, -0.1) is 0 Å². The van der Waals surface area contributed by atoms with Gasteiger partial charge in [0.15, 0.2) is 5.76 Å². The molecule has 0 spiro atoms. The summed E-state index contributed by atoms with van der Waals surface area (Å²) in [6, 6.07) is 13.6. The van der Waals surface area contributed by atoms with Crippen LogP contribution in [0.15, 0.2) is 70.3 Å². The second-order valence-corrected chi connectivity index (χ2v) is 8.59. The van der Waals surface area contributed by atoms with E-state index in [4.69, 9.17) is 9.15 Å². The fourth-order valence-electron chi connectivity index (χ4n) is 4.04. The summed E-state index contributed by atoms with van der Waals surface area (Å²) in [7, 11) is 2.14. The summed E-state index contributed by atoms with van der Waals surface area (Å²) in [4.78, 5) is 25.8. The molecule has 0 amide bonds. The highest BCUT2D eigenvalue weighted by molar-refractivity contribution is 5.68. The van der Waals surface area contributed by atoms with E-state index in [1.54, 1.807) is 30.7 Å². The van der Waals surface area contributed by atoms with Gasteiger partial charge in [-0.25, -0.2) is 4.98 Å². The largest absolute Gasteiger partial charge is 0.490 e. The normalized spacial score (nSPS) is 14.8. The van der Waals surface area contributed by atoms with E-state index in [0.717, 1.165) is 48.5 Å². The van der Waals surface area contributed by atoms with Crippen LogP contribution in [0.3, 0.4) is 0 Å². The number of H-pyrrole nitrogens is 1. The van der Waals surface area contributed by atoms with E-state index in [1.807, 2.05) is 37.3 Å². The first kappa shape index (κ1) is 21.9. The van der Waals surface area contributed by atoms with Crippen LogP contribution in [0.1, 0.15) is 18.4 Å². The van der Waals surface area contributed by atoms with Gasteiger partial charge in [-0.05, 0) is 62.7 Å². The van der Waals surface area contributed by atoms with Crippen molar-refractivity contribution >= 4 is 11.7 Å². The van der Waals surface area contributed by atoms with Crippen LogP contribution >= 0.6 is 0 Å². The van der Waals surface area contributed by atoms with Gasteiger partial charge in [0.1, 0.15) is 11.9 Å². The molecule has 1 saturated heterocycles. The molecule has 4 aromatic rings. The third-order valence-corrected chi connectivity index (χ3v) is 6.06. The molecule has 1 aromatic carbocycles. The molecule has 2 N–H and O–H groups in total. The van der Waals surface area contributed by atoms with Gasteiger partial charge in [-0.2, -0.15) is 0 Å². The molecule has 3 aromatic heterocycles. The van der Waals surface area contributed by atoms with Crippen LogP contribution in [-0.2, 0) is 0 Å². The number of benzene rings is 1. The number of likely N-dealkylation sites (tertiary alicyclic amines) is 1. The van der Waals surface area contributed by atoms with Crippen molar-refractivity contribution in [1.82, 2.24) is 19.9 Å². The summed E-state index contributed by atoms with van der Waals surface area (Å²) in [6.07, 6.45) is 7.20. The summed E-state index contributed by atoms with van der Waals surface area (Å²) in [5.74, 6) is 1.41. The predicted molar refractivity (Wildman–Crippen MR) is 131 cm³/mol. The summed E-state index contributed by atoms with van der Waals surface area (Å²) in [5.41, 5.74) is 3.60. The number of pyridine rings is 2. The van der Waals surface area contributed by atoms with Crippen LogP contribution < -0.4 is 15.6 Å². The van der Waals surface area contributed by atoms with Crippen LogP contribution in [-0.4, -0.2) is 46.1 Å². The molecule has 0 atom stereocenters. The van der Waals surface area contributed by atoms with Gasteiger partial charge in [-0.1, -0.05) is 6.07 Å². The van der Waals surface area contributed by atoms with Crippen molar-refractivity contribution in [2.45, 2.75) is 25.9 Å². The van der Waals surface area contributed by atoms with Crippen molar-refractivity contribution in [3.63, 3.8) is 0 Å². The Kier molecular flexibility index (Phi) is 6.14. The van der Waals surface area contributed by atoms with Crippen LogP contribution in [0.5, 0.6) is 5.75 Å². The second-order valence-electron chi connectivity index (χ2n) is 8.59. The number of anilines is 2. The lowest BCUT2D eigenvalue weighted by Gasteiger charge is -2.29. The predicted octanol–water partition coefficient (Wildman–Crippen LogP) is 4.62. The average Bonchev–Trinajstić information content (AvgIpc) is 3.32. The summed E-state index contributed by atoms with van der Waals surface area (Å²) in [5, 5.41) is 3.27. The van der Waals surface area contributed by atoms with E-state index < -0.39 is 0 Å². The van der Waals surface area contributed by atoms with E-state index in [2.05, 4.69) is 32.2 Å². The Morgan fingerprint density at radius 2 is 2.00 bits per heavy atom. The zero-order chi connectivity index (χ0) is 23.5. The van der Waals surface area contributed by atoms with Crippen LogP contribution in [0, 0.1) is 6.92 Å². The zero-order valence-corrected chi connectivity index (χ0v) is 19.2. The molecule has 8 heteroatoms. The summed E-state index contributed by atoms with van der Waals surface area (Å²) >= 11 is 0. The van der Waals surface area contributed by atoms with Crippen LogP contribution in [0.2, 0.25) is 0 Å². The molecule has 0 unspecified atom stereocenters. The third-order valence-electron chi connectivity index (χ3n) is 6.06. The zero-order valence-electron chi connectivity index (χ0n) is 19.2. The molecule has 5 rings (SSSR count). The van der Waals surface area contributed by atoms with E-state index in [0.29, 0.717) is 23.0 Å². The lowest BCUT2D eigenvalue weighted by atomic mass is 10.1. The summed E-state index contributed by atoms with van der Waals surface area (Å²) < 4.78 is 12.2. The number of oxazole rings is 1. The first-order valence-corrected chi connectivity index (χ1v) is 11.4. The first-order chi connectivity index (χ1) is 16.5. The first-order valence-electron chi connectivity index (χ1n) is 11.4. The Labute approximate surface area is 197 Å². The number of nitrogens with zero attached hydrogens (tertiary/aromatic N) is 3. The topological polar surface area (TPSA) is 96.3 Å². The molecular weight excluding hydrogens is 430 g/mol. The molecule has 34 heavy (non-hydrogen) atoms. The molecule has 0 saturated carbocycles. The number of aromatic amines is 1. The maximum atomic E-state index is 12.1. The van der Waals surface area contributed by atoms with Gasteiger partial charge >= 0.3 is 0 Å². The van der Waals surface area contributed by atoms with Crippen molar-refractivity contribution in [2.24, 2.45) is 0 Å². The molecule has 0 radical (unpaired) electrons. The Morgan fingerprint density at radius 1 is 1.15 bits per heavy atom. The minimum Gasteiger partial charge on any atom is -0.490 e. The van der Waals surface area contributed by atoms with Gasteiger partial charge in [0.2, 0.25) is 0 Å². The number of aromatic nitrogens is 3. The Hall–Kier alpha value is -3.91. The van der Waals surface area contributed by atoms with Crippen LogP contribution in [0.4, 0.5) is 11.7 Å². The van der Waals surface area contributed by atoms with Crippen molar-refractivity contribution in [3.05, 3.63) is 77.0 Å². The number of aryl methyl sites for hydroxylation is 1. The lowest BCUT2D eigenvalue weighted by molar-refractivity contribution is 0.114. The van der Waals surface area contributed by atoms with E-state index >= 15 is 0 Å². The molecule has 1 aliphatic rings. The summed E-state index contributed by atoms with van der Waals surface area (Å²) in [6.45, 7) is 4.13. The fraction of sp³-hybridized carbons (Fsp3) is 0.269. The Balaban J connectivity index is 1.33.